The number of thiophene rings is 1. The smallest absolute Gasteiger partial charge is 0.374 e. The molecule has 2 aromatic heterocycles. The van der Waals surface area contributed by atoms with Crippen molar-refractivity contribution in [2.75, 3.05) is 6.61 Å². The zero-order valence-electron chi connectivity index (χ0n) is 10.5. The second-order valence-electron chi connectivity index (χ2n) is 3.82. The molecule has 0 radical (unpaired) electrons. The molecule has 2 rings (SSSR count). The highest BCUT2D eigenvalue weighted by Crippen LogP contribution is 2.27. The van der Waals surface area contributed by atoms with Gasteiger partial charge >= 0.3 is 5.97 Å². The third-order valence-corrected chi connectivity index (χ3v) is 4.02. The van der Waals surface area contributed by atoms with Crippen LogP contribution in [0.1, 0.15) is 34.9 Å². The van der Waals surface area contributed by atoms with E-state index in [-0.39, 0.29) is 18.0 Å². The van der Waals surface area contributed by atoms with Gasteiger partial charge in [-0.25, -0.2) is 9.78 Å². The molecule has 5 nitrogen and oxygen atoms in total. The van der Waals surface area contributed by atoms with Crippen LogP contribution in [0.25, 0.3) is 10.2 Å². The van der Waals surface area contributed by atoms with Crippen molar-refractivity contribution in [3.05, 3.63) is 26.6 Å². The van der Waals surface area contributed by atoms with Gasteiger partial charge in [0.25, 0.3) is 5.56 Å². The standard InChI is InChI=1S/C12H14N2O3S/c1-4-7-6(3)8-10(15)13-9(12(16)17-5-2)14-11(8)18-7/h4-5H2,1-3H3,(H,13,14,15). The minimum absolute atomic E-state index is 0.0294. The van der Waals surface area contributed by atoms with Crippen LogP contribution >= 0.6 is 11.3 Å². The summed E-state index contributed by atoms with van der Waals surface area (Å²) in [4.78, 5) is 31.9. The van der Waals surface area contributed by atoms with Crippen molar-refractivity contribution in [2.24, 2.45) is 0 Å². The van der Waals surface area contributed by atoms with E-state index in [0.717, 1.165) is 16.9 Å². The lowest BCUT2D eigenvalue weighted by molar-refractivity contribution is 0.0512. The van der Waals surface area contributed by atoms with Crippen LogP contribution in [0.3, 0.4) is 0 Å². The lowest BCUT2D eigenvalue weighted by Crippen LogP contribution is -2.17. The third kappa shape index (κ3) is 2.03. The lowest BCUT2D eigenvalue weighted by Gasteiger charge is -2.00. The number of nitrogens with one attached hydrogen (secondary N) is 1. The number of ether oxygens (including phenoxy) is 1. The van der Waals surface area contributed by atoms with Crippen molar-refractivity contribution in [1.82, 2.24) is 9.97 Å². The van der Waals surface area contributed by atoms with Crippen LogP contribution in [0, 0.1) is 6.92 Å². The van der Waals surface area contributed by atoms with Crippen LogP contribution in [0.4, 0.5) is 0 Å². The number of esters is 1. The number of aromatic amines is 1. The Labute approximate surface area is 108 Å². The van der Waals surface area contributed by atoms with Crippen molar-refractivity contribution in [3.63, 3.8) is 0 Å². The van der Waals surface area contributed by atoms with Gasteiger partial charge in [-0.1, -0.05) is 6.92 Å². The molecule has 2 aromatic rings. The number of carbonyl (C=O) groups is 1. The Morgan fingerprint density at radius 3 is 2.78 bits per heavy atom. The summed E-state index contributed by atoms with van der Waals surface area (Å²) in [6, 6.07) is 0. The molecule has 1 N–H and O–H groups in total. The Balaban J connectivity index is 2.63. The van der Waals surface area contributed by atoms with E-state index >= 15 is 0 Å². The van der Waals surface area contributed by atoms with E-state index < -0.39 is 5.97 Å². The third-order valence-electron chi connectivity index (χ3n) is 2.69. The zero-order valence-corrected chi connectivity index (χ0v) is 11.3. The summed E-state index contributed by atoms with van der Waals surface area (Å²) in [5.74, 6) is -0.626. The molecule has 96 valence electrons. The molecule has 2 heterocycles. The van der Waals surface area contributed by atoms with Gasteiger partial charge in [0.15, 0.2) is 0 Å². The molecule has 0 unspecified atom stereocenters. The van der Waals surface area contributed by atoms with Crippen LogP contribution in [-0.2, 0) is 11.2 Å². The fourth-order valence-corrected chi connectivity index (χ4v) is 2.94. The SMILES string of the molecule is CCOC(=O)c1nc2sc(CC)c(C)c2c(=O)[nH]1. The Hall–Kier alpha value is -1.69. The summed E-state index contributed by atoms with van der Waals surface area (Å²) in [5, 5.41) is 0.574. The van der Waals surface area contributed by atoms with E-state index in [1.807, 2.05) is 13.8 Å². The van der Waals surface area contributed by atoms with E-state index in [2.05, 4.69) is 9.97 Å². The van der Waals surface area contributed by atoms with Crippen molar-refractivity contribution in [1.29, 1.82) is 0 Å². The molecule has 18 heavy (non-hydrogen) atoms. The van der Waals surface area contributed by atoms with E-state index in [0.29, 0.717) is 10.2 Å². The average Bonchev–Trinajstić information content (AvgIpc) is 2.66. The monoisotopic (exact) mass is 266 g/mol. The summed E-state index contributed by atoms with van der Waals surface area (Å²) in [5.41, 5.74) is 0.665. The Bertz CT molecular complexity index is 657. The second-order valence-corrected chi connectivity index (χ2v) is 4.90. The summed E-state index contributed by atoms with van der Waals surface area (Å²) in [6.45, 7) is 5.89. The number of aryl methyl sites for hydroxylation is 2. The van der Waals surface area contributed by atoms with Crippen LogP contribution in [0.5, 0.6) is 0 Å². The predicted molar refractivity (Wildman–Crippen MR) is 70.3 cm³/mol. The fourth-order valence-electron chi connectivity index (χ4n) is 1.82. The molecule has 0 amide bonds. The minimum Gasteiger partial charge on any atom is -0.460 e. The quantitative estimate of drug-likeness (QED) is 0.863. The molecule has 0 saturated heterocycles. The lowest BCUT2D eigenvalue weighted by atomic mass is 10.2. The van der Waals surface area contributed by atoms with Gasteiger partial charge in [-0.3, -0.25) is 4.79 Å². The minimum atomic E-state index is -0.597. The summed E-state index contributed by atoms with van der Waals surface area (Å²) < 4.78 is 4.83. The summed E-state index contributed by atoms with van der Waals surface area (Å²) >= 11 is 1.45. The van der Waals surface area contributed by atoms with Gasteiger partial charge in [0.2, 0.25) is 5.82 Å². The van der Waals surface area contributed by atoms with E-state index in [1.165, 1.54) is 11.3 Å². The van der Waals surface area contributed by atoms with Gasteiger partial charge in [-0.15, -0.1) is 11.3 Å². The second kappa shape index (κ2) is 4.89. The van der Waals surface area contributed by atoms with E-state index in [1.54, 1.807) is 6.92 Å². The molecular formula is C12H14N2O3S. The summed E-state index contributed by atoms with van der Waals surface area (Å²) in [6.07, 6.45) is 0.848. The number of fused-ring (bicyclic) bond motifs is 1. The van der Waals surface area contributed by atoms with Crippen LogP contribution < -0.4 is 5.56 Å². The average molecular weight is 266 g/mol. The highest BCUT2D eigenvalue weighted by atomic mass is 32.1. The number of nitrogens with zero attached hydrogens (tertiary/aromatic N) is 1. The summed E-state index contributed by atoms with van der Waals surface area (Å²) in [7, 11) is 0. The number of hydrogen-bond acceptors (Lipinski definition) is 5. The van der Waals surface area contributed by atoms with Crippen molar-refractivity contribution < 1.29 is 9.53 Å². The molecule has 0 spiro atoms. The maximum atomic E-state index is 12.0. The maximum Gasteiger partial charge on any atom is 0.374 e. The topological polar surface area (TPSA) is 72.0 Å². The van der Waals surface area contributed by atoms with Crippen LogP contribution in [-0.4, -0.2) is 22.5 Å². The van der Waals surface area contributed by atoms with Crippen molar-refractivity contribution in [2.45, 2.75) is 27.2 Å². The number of H-pyrrole nitrogens is 1. The molecule has 0 bridgehead atoms. The molecule has 0 aromatic carbocycles. The first-order valence-electron chi connectivity index (χ1n) is 5.77. The van der Waals surface area contributed by atoms with Gasteiger partial charge < -0.3 is 9.72 Å². The molecular weight excluding hydrogens is 252 g/mol. The number of rotatable bonds is 3. The Morgan fingerprint density at radius 2 is 2.17 bits per heavy atom. The Kier molecular flexibility index (Phi) is 3.47. The fraction of sp³-hybridized carbons (Fsp3) is 0.417. The van der Waals surface area contributed by atoms with E-state index in [9.17, 15) is 9.59 Å². The van der Waals surface area contributed by atoms with E-state index in [4.69, 9.17) is 4.74 Å². The highest BCUT2D eigenvalue weighted by Gasteiger charge is 2.16. The number of carbonyl (C=O) groups excluding carboxylic acids is 1. The highest BCUT2D eigenvalue weighted by molar-refractivity contribution is 7.18. The van der Waals surface area contributed by atoms with Gasteiger partial charge in [0.05, 0.1) is 12.0 Å². The molecule has 0 saturated carbocycles. The molecule has 0 aliphatic rings. The first kappa shape index (κ1) is 12.8. The number of aromatic nitrogens is 2. The van der Waals surface area contributed by atoms with Crippen LogP contribution in [0.15, 0.2) is 4.79 Å². The van der Waals surface area contributed by atoms with Gasteiger partial charge in [-0.05, 0) is 25.8 Å². The molecule has 0 fully saturated rings. The molecule has 6 heteroatoms. The molecule has 0 atom stereocenters. The Morgan fingerprint density at radius 1 is 1.44 bits per heavy atom. The zero-order chi connectivity index (χ0) is 13.3. The normalized spacial score (nSPS) is 10.8. The first-order valence-corrected chi connectivity index (χ1v) is 6.59. The predicted octanol–water partition coefficient (Wildman–Crippen LogP) is 2.03. The van der Waals surface area contributed by atoms with Gasteiger partial charge in [0, 0.05) is 4.88 Å². The van der Waals surface area contributed by atoms with Crippen LogP contribution in [0.2, 0.25) is 0 Å². The largest absolute Gasteiger partial charge is 0.460 e. The maximum absolute atomic E-state index is 12.0. The number of hydrogen-bond donors (Lipinski definition) is 1. The van der Waals surface area contributed by atoms with Gasteiger partial charge in [0.1, 0.15) is 4.83 Å². The van der Waals surface area contributed by atoms with Gasteiger partial charge in [-0.2, -0.15) is 0 Å². The molecule has 0 aliphatic carbocycles. The molecule has 0 aliphatic heterocycles. The van der Waals surface area contributed by atoms with Crippen molar-refractivity contribution >= 4 is 27.5 Å². The van der Waals surface area contributed by atoms with Crippen molar-refractivity contribution in [3.8, 4) is 0 Å². The first-order chi connectivity index (χ1) is 8.58.